The second-order valence-electron chi connectivity index (χ2n) is 7.27. The van der Waals surface area contributed by atoms with Crippen molar-refractivity contribution in [3.8, 4) is 0 Å². The van der Waals surface area contributed by atoms with Crippen LogP contribution in [0.3, 0.4) is 0 Å². The highest BCUT2D eigenvalue weighted by Crippen LogP contribution is 2.28. The Morgan fingerprint density at radius 2 is 2.00 bits per heavy atom. The lowest BCUT2D eigenvalue weighted by Crippen LogP contribution is -2.43. The third-order valence-electron chi connectivity index (χ3n) is 4.42. The molecule has 7 heteroatoms. The third-order valence-corrected chi connectivity index (χ3v) is 4.42. The standard InChI is InChI=1S/C19H27N3O4/c1-12(2)8-15(18(24)25)10-21-19(26)22(16-6-7-16)11-13-4-3-5-14(9-13)17(20)23/h3-5,9,12,15-16H,6-8,10-11H2,1-2H3,(H2,20,23)(H,21,26)(H,24,25). The Balaban J connectivity index is 2.00. The van der Waals surface area contributed by atoms with Crippen LogP contribution in [0.25, 0.3) is 0 Å². The van der Waals surface area contributed by atoms with Gasteiger partial charge >= 0.3 is 12.0 Å². The summed E-state index contributed by atoms with van der Waals surface area (Å²) in [5.74, 6) is -1.76. The number of urea groups is 1. The molecule has 1 aliphatic carbocycles. The Morgan fingerprint density at radius 3 is 2.54 bits per heavy atom. The van der Waals surface area contributed by atoms with Gasteiger partial charge in [-0.3, -0.25) is 9.59 Å². The van der Waals surface area contributed by atoms with Crippen LogP contribution in [0.2, 0.25) is 0 Å². The average Bonchev–Trinajstić information content (AvgIpc) is 3.40. The molecule has 0 bridgehead atoms. The van der Waals surface area contributed by atoms with Gasteiger partial charge in [-0.05, 0) is 42.9 Å². The van der Waals surface area contributed by atoms with E-state index in [0.717, 1.165) is 18.4 Å². The van der Waals surface area contributed by atoms with Crippen LogP contribution in [0.5, 0.6) is 0 Å². The van der Waals surface area contributed by atoms with Crippen molar-refractivity contribution in [2.24, 2.45) is 17.6 Å². The maximum absolute atomic E-state index is 12.6. The van der Waals surface area contributed by atoms with Crippen LogP contribution in [-0.4, -0.2) is 40.5 Å². The predicted molar refractivity (Wildman–Crippen MR) is 97.5 cm³/mol. The lowest BCUT2D eigenvalue weighted by Gasteiger charge is -2.24. The first-order valence-electron chi connectivity index (χ1n) is 8.94. The van der Waals surface area contributed by atoms with Crippen LogP contribution in [0.1, 0.15) is 49.0 Å². The lowest BCUT2D eigenvalue weighted by atomic mass is 9.97. The molecule has 3 amide bonds. The van der Waals surface area contributed by atoms with Crippen molar-refractivity contribution in [1.29, 1.82) is 0 Å². The summed E-state index contributed by atoms with van der Waals surface area (Å²) in [6.07, 6.45) is 2.37. The Labute approximate surface area is 153 Å². The van der Waals surface area contributed by atoms with Crippen molar-refractivity contribution in [2.75, 3.05) is 6.54 Å². The van der Waals surface area contributed by atoms with Gasteiger partial charge in [0.1, 0.15) is 0 Å². The average molecular weight is 361 g/mol. The molecule has 1 aromatic rings. The number of primary amides is 1. The number of carboxylic acids is 1. The molecule has 0 spiro atoms. The molecular weight excluding hydrogens is 334 g/mol. The highest BCUT2D eigenvalue weighted by atomic mass is 16.4. The van der Waals surface area contributed by atoms with Gasteiger partial charge in [0.05, 0.1) is 5.92 Å². The van der Waals surface area contributed by atoms with Gasteiger partial charge in [-0.1, -0.05) is 26.0 Å². The first-order chi connectivity index (χ1) is 12.3. The molecule has 1 saturated carbocycles. The molecule has 142 valence electrons. The van der Waals surface area contributed by atoms with E-state index in [1.54, 1.807) is 23.1 Å². The zero-order valence-electron chi connectivity index (χ0n) is 15.3. The number of rotatable bonds is 9. The molecule has 1 aromatic carbocycles. The Morgan fingerprint density at radius 1 is 1.31 bits per heavy atom. The van der Waals surface area contributed by atoms with E-state index >= 15 is 0 Å². The molecule has 0 heterocycles. The van der Waals surface area contributed by atoms with E-state index < -0.39 is 17.8 Å². The Hall–Kier alpha value is -2.57. The molecule has 0 aromatic heterocycles. The number of nitrogens with one attached hydrogen (secondary N) is 1. The van der Waals surface area contributed by atoms with Crippen molar-refractivity contribution >= 4 is 17.9 Å². The summed E-state index contributed by atoms with van der Waals surface area (Å²) in [5.41, 5.74) is 6.53. The first-order valence-corrected chi connectivity index (χ1v) is 8.94. The summed E-state index contributed by atoms with van der Waals surface area (Å²) in [7, 11) is 0. The fourth-order valence-electron chi connectivity index (χ4n) is 2.93. The van der Waals surface area contributed by atoms with E-state index in [1.807, 2.05) is 19.9 Å². The van der Waals surface area contributed by atoms with Crippen molar-refractivity contribution < 1.29 is 19.5 Å². The largest absolute Gasteiger partial charge is 0.481 e. The maximum Gasteiger partial charge on any atom is 0.317 e. The molecule has 0 radical (unpaired) electrons. The van der Waals surface area contributed by atoms with Gasteiger partial charge in [-0.25, -0.2) is 4.79 Å². The van der Waals surface area contributed by atoms with E-state index in [2.05, 4.69) is 5.32 Å². The molecule has 2 rings (SSSR count). The zero-order valence-corrected chi connectivity index (χ0v) is 15.3. The number of hydrogen-bond acceptors (Lipinski definition) is 3. The minimum atomic E-state index is -0.897. The van der Waals surface area contributed by atoms with Gasteiger partial charge in [0.2, 0.25) is 5.91 Å². The van der Waals surface area contributed by atoms with E-state index in [1.165, 1.54) is 0 Å². The van der Waals surface area contributed by atoms with Crippen LogP contribution >= 0.6 is 0 Å². The smallest absolute Gasteiger partial charge is 0.317 e. The van der Waals surface area contributed by atoms with Crippen LogP contribution in [0.4, 0.5) is 4.79 Å². The van der Waals surface area contributed by atoms with Crippen molar-refractivity contribution in [1.82, 2.24) is 10.2 Å². The topological polar surface area (TPSA) is 113 Å². The summed E-state index contributed by atoms with van der Waals surface area (Å²) < 4.78 is 0. The Kier molecular flexibility index (Phi) is 6.60. The monoisotopic (exact) mass is 361 g/mol. The molecule has 7 nitrogen and oxygen atoms in total. The summed E-state index contributed by atoms with van der Waals surface area (Å²) in [4.78, 5) is 37.0. The van der Waals surface area contributed by atoms with E-state index in [9.17, 15) is 19.5 Å². The maximum atomic E-state index is 12.6. The number of benzene rings is 1. The number of nitrogens with two attached hydrogens (primary N) is 1. The van der Waals surface area contributed by atoms with Crippen molar-refractivity contribution in [3.05, 3.63) is 35.4 Å². The minimum Gasteiger partial charge on any atom is -0.481 e. The van der Waals surface area contributed by atoms with Crippen LogP contribution < -0.4 is 11.1 Å². The second kappa shape index (κ2) is 8.69. The van der Waals surface area contributed by atoms with Crippen molar-refractivity contribution in [2.45, 2.75) is 45.7 Å². The van der Waals surface area contributed by atoms with Crippen molar-refractivity contribution in [3.63, 3.8) is 0 Å². The van der Waals surface area contributed by atoms with Gasteiger partial charge in [0.25, 0.3) is 0 Å². The molecule has 0 saturated heterocycles. The second-order valence-corrected chi connectivity index (χ2v) is 7.27. The highest BCUT2D eigenvalue weighted by Gasteiger charge is 2.33. The minimum absolute atomic E-state index is 0.108. The van der Waals surface area contributed by atoms with E-state index in [0.29, 0.717) is 18.5 Å². The predicted octanol–water partition coefficient (Wildman–Crippen LogP) is 2.21. The normalized spacial score (nSPS) is 14.7. The number of carboxylic acid groups (broad SMARTS) is 1. The quantitative estimate of drug-likeness (QED) is 0.626. The highest BCUT2D eigenvalue weighted by molar-refractivity contribution is 5.92. The molecule has 26 heavy (non-hydrogen) atoms. The van der Waals surface area contributed by atoms with Crippen LogP contribution in [0.15, 0.2) is 24.3 Å². The van der Waals surface area contributed by atoms with Gasteiger partial charge in [0.15, 0.2) is 0 Å². The molecule has 1 fully saturated rings. The fourth-order valence-corrected chi connectivity index (χ4v) is 2.93. The van der Waals surface area contributed by atoms with Gasteiger partial charge in [-0.15, -0.1) is 0 Å². The molecule has 1 aliphatic rings. The summed E-state index contributed by atoms with van der Waals surface area (Å²) >= 11 is 0. The third kappa shape index (κ3) is 5.75. The van der Waals surface area contributed by atoms with Gasteiger partial charge in [-0.2, -0.15) is 0 Å². The van der Waals surface area contributed by atoms with Crippen LogP contribution in [0, 0.1) is 11.8 Å². The number of amides is 3. The fraction of sp³-hybridized carbons (Fsp3) is 0.526. The SMILES string of the molecule is CC(C)CC(CNC(=O)N(Cc1cccc(C(N)=O)c1)C1CC1)C(=O)O. The number of carbonyl (C=O) groups is 3. The molecule has 1 unspecified atom stereocenters. The summed E-state index contributed by atoms with van der Waals surface area (Å²) in [5, 5.41) is 12.1. The molecular formula is C19H27N3O4. The number of nitrogens with zero attached hydrogens (tertiary/aromatic N) is 1. The molecule has 1 atom stereocenters. The van der Waals surface area contributed by atoms with Crippen LogP contribution in [-0.2, 0) is 11.3 Å². The Bertz CT molecular complexity index is 671. The number of hydrogen-bond donors (Lipinski definition) is 3. The first kappa shape index (κ1) is 19.8. The molecule has 0 aliphatic heterocycles. The molecule has 4 N–H and O–H groups in total. The number of aliphatic carboxylic acids is 1. The summed E-state index contributed by atoms with van der Waals surface area (Å²) in [6, 6.07) is 6.78. The van der Waals surface area contributed by atoms with Gasteiger partial charge < -0.3 is 21.1 Å². The zero-order chi connectivity index (χ0) is 19.3. The van der Waals surface area contributed by atoms with E-state index in [-0.39, 0.29) is 24.5 Å². The lowest BCUT2D eigenvalue weighted by molar-refractivity contribution is -0.142. The number of carbonyl (C=O) groups excluding carboxylic acids is 2. The summed E-state index contributed by atoms with van der Waals surface area (Å²) in [6.45, 7) is 4.39. The van der Waals surface area contributed by atoms with E-state index in [4.69, 9.17) is 5.73 Å². The van der Waals surface area contributed by atoms with Gasteiger partial charge in [0, 0.05) is 24.7 Å².